The first-order chi connectivity index (χ1) is 12.1. The minimum Gasteiger partial charge on any atom is -0.383 e. The highest BCUT2D eigenvalue weighted by molar-refractivity contribution is 5.79. The summed E-state index contributed by atoms with van der Waals surface area (Å²) in [5.74, 6) is 1.73. The highest BCUT2D eigenvalue weighted by Gasteiger charge is 2.22. The molecule has 2 saturated heterocycles. The van der Waals surface area contributed by atoms with Crippen molar-refractivity contribution in [2.24, 2.45) is 10.9 Å². The number of methoxy groups -OCH3 is 1. The second-order valence-corrected chi connectivity index (χ2v) is 7.78. The third-order valence-electron chi connectivity index (χ3n) is 5.70. The Bertz CT molecular complexity index is 385. The zero-order valence-corrected chi connectivity index (χ0v) is 16.8. The maximum atomic E-state index is 5.18. The van der Waals surface area contributed by atoms with Crippen LogP contribution in [0.5, 0.6) is 0 Å². The molecule has 0 atom stereocenters. The van der Waals surface area contributed by atoms with E-state index in [0.717, 1.165) is 31.6 Å². The van der Waals surface area contributed by atoms with Gasteiger partial charge in [0.25, 0.3) is 0 Å². The van der Waals surface area contributed by atoms with Crippen molar-refractivity contribution >= 4 is 5.96 Å². The molecule has 0 saturated carbocycles. The molecule has 2 fully saturated rings. The van der Waals surface area contributed by atoms with Crippen LogP contribution in [0.3, 0.4) is 0 Å². The van der Waals surface area contributed by atoms with E-state index in [9.17, 15) is 0 Å². The van der Waals surface area contributed by atoms with Crippen LogP contribution >= 0.6 is 0 Å². The smallest absolute Gasteiger partial charge is 0.191 e. The molecule has 0 aromatic carbocycles. The zero-order valence-electron chi connectivity index (χ0n) is 16.8. The van der Waals surface area contributed by atoms with Gasteiger partial charge >= 0.3 is 0 Å². The Kier molecular flexibility index (Phi) is 8.99. The lowest BCUT2D eigenvalue weighted by Crippen LogP contribution is -2.50. The molecule has 0 aromatic rings. The summed E-state index contributed by atoms with van der Waals surface area (Å²) in [6.07, 6.45) is 4.94. The monoisotopic (exact) mass is 353 g/mol. The minimum atomic E-state index is 0.553. The Morgan fingerprint density at radius 3 is 2.36 bits per heavy atom. The number of aliphatic imine (C=N–C) groups is 1. The summed E-state index contributed by atoms with van der Waals surface area (Å²) in [7, 11) is 3.66. The molecule has 0 unspecified atom stereocenters. The summed E-state index contributed by atoms with van der Waals surface area (Å²) >= 11 is 0. The number of ether oxygens (including phenoxy) is 1. The lowest BCUT2D eigenvalue weighted by atomic mass is 9.97. The molecule has 2 aliphatic heterocycles. The number of hydrogen-bond acceptors (Lipinski definition) is 4. The van der Waals surface area contributed by atoms with Crippen molar-refractivity contribution in [1.82, 2.24) is 20.4 Å². The van der Waals surface area contributed by atoms with Crippen molar-refractivity contribution in [3.05, 3.63) is 0 Å². The van der Waals surface area contributed by atoms with Crippen molar-refractivity contribution in [1.29, 1.82) is 0 Å². The molecule has 146 valence electrons. The summed E-state index contributed by atoms with van der Waals surface area (Å²) in [6, 6.07) is 1.21. The van der Waals surface area contributed by atoms with Gasteiger partial charge in [0.05, 0.1) is 6.61 Å². The molecule has 0 radical (unpaired) electrons. The van der Waals surface area contributed by atoms with Gasteiger partial charge in [-0.25, -0.2) is 0 Å². The highest BCUT2D eigenvalue weighted by Crippen LogP contribution is 2.16. The molecular formula is C19H39N5O. The van der Waals surface area contributed by atoms with Gasteiger partial charge in [0.1, 0.15) is 0 Å². The molecule has 2 rings (SSSR count). The van der Waals surface area contributed by atoms with Crippen molar-refractivity contribution in [2.45, 2.75) is 51.6 Å². The Morgan fingerprint density at radius 2 is 1.80 bits per heavy atom. The van der Waals surface area contributed by atoms with Gasteiger partial charge in [0, 0.05) is 52.4 Å². The molecular weight excluding hydrogens is 314 g/mol. The molecule has 0 bridgehead atoms. The average molecular weight is 354 g/mol. The van der Waals surface area contributed by atoms with E-state index < -0.39 is 0 Å². The molecule has 0 aliphatic carbocycles. The van der Waals surface area contributed by atoms with Gasteiger partial charge in [-0.2, -0.15) is 0 Å². The number of nitrogens with one attached hydrogen (secondary N) is 2. The number of rotatable bonds is 7. The van der Waals surface area contributed by atoms with Crippen molar-refractivity contribution in [2.75, 3.05) is 60.0 Å². The Balaban J connectivity index is 1.63. The van der Waals surface area contributed by atoms with E-state index in [1.54, 1.807) is 7.11 Å². The maximum Gasteiger partial charge on any atom is 0.191 e. The summed E-state index contributed by atoms with van der Waals surface area (Å²) in [4.78, 5) is 9.50. The van der Waals surface area contributed by atoms with Gasteiger partial charge < -0.3 is 25.2 Å². The maximum absolute atomic E-state index is 5.18. The van der Waals surface area contributed by atoms with Crippen LogP contribution in [0.4, 0.5) is 0 Å². The van der Waals surface area contributed by atoms with E-state index in [4.69, 9.17) is 4.74 Å². The topological polar surface area (TPSA) is 52.1 Å². The molecule has 2 N–H and O–H groups in total. The van der Waals surface area contributed by atoms with Crippen LogP contribution in [0, 0.1) is 5.92 Å². The van der Waals surface area contributed by atoms with E-state index in [1.165, 1.54) is 51.9 Å². The molecule has 6 nitrogen and oxygen atoms in total. The quantitative estimate of drug-likeness (QED) is 0.535. The second kappa shape index (κ2) is 11.0. The molecule has 0 amide bonds. The van der Waals surface area contributed by atoms with Crippen LogP contribution in [0.25, 0.3) is 0 Å². The number of piperidine rings is 2. The van der Waals surface area contributed by atoms with Crippen LogP contribution in [0.2, 0.25) is 0 Å². The first-order valence-electron chi connectivity index (χ1n) is 10.0. The minimum absolute atomic E-state index is 0.553. The largest absolute Gasteiger partial charge is 0.383 e. The Morgan fingerprint density at radius 1 is 1.12 bits per heavy atom. The first kappa shape index (κ1) is 20.5. The fourth-order valence-electron chi connectivity index (χ4n) is 3.82. The number of likely N-dealkylation sites (tertiary alicyclic amines) is 2. The molecule has 0 aromatic heterocycles. The van der Waals surface area contributed by atoms with Crippen molar-refractivity contribution in [3.8, 4) is 0 Å². The summed E-state index contributed by atoms with van der Waals surface area (Å²) in [5.41, 5.74) is 0. The lowest BCUT2D eigenvalue weighted by Gasteiger charge is -2.36. The normalized spacial score (nSPS) is 22.5. The standard InChI is InChI=1S/C19H39N5O/c1-16(2)24-11-7-18(8-12-24)22-19(20-3)21-15-17-5-9-23(10-6-17)13-14-25-4/h16-18H,5-15H2,1-4H3,(H2,20,21,22). The molecule has 2 heterocycles. The number of hydrogen-bond donors (Lipinski definition) is 2. The summed E-state index contributed by atoms with van der Waals surface area (Å²) in [5, 5.41) is 7.19. The third-order valence-corrected chi connectivity index (χ3v) is 5.70. The van der Waals surface area contributed by atoms with Crippen LogP contribution < -0.4 is 10.6 Å². The third kappa shape index (κ3) is 7.12. The van der Waals surface area contributed by atoms with E-state index in [1.807, 2.05) is 7.05 Å². The van der Waals surface area contributed by atoms with Gasteiger partial charge in [-0.3, -0.25) is 4.99 Å². The first-order valence-corrected chi connectivity index (χ1v) is 10.0. The average Bonchev–Trinajstić information content (AvgIpc) is 2.64. The number of guanidine groups is 1. The Hall–Kier alpha value is -0.850. The van der Waals surface area contributed by atoms with Crippen LogP contribution in [-0.2, 0) is 4.74 Å². The SMILES string of the molecule is CN=C(NCC1CCN(CCOC)CC1)NC1CCN(C(C)C)CC1. The van der Waals surface area contributed by atoms with E-state index >= 15 is 0 Å². The predicted molar refractivity (Wildman–Crippen MR) is 105 cm³/mol. The Labute approximate surface area is 154 Å². The van der Waals surface area contributed by atoms with Crippen LogP contribution in [-0.4, -0.2) is 87.9 Å². The molecule has 6 heteroatoms. The van der Waals surface area contributed by atoms with E-state index in [0.29, 0.717) is 12.1 Å². The zero-order chi connectivity index (χ0) is 18.1. The number of nitrogens with zero attached hydrogens (tertiary/aromatic N) is 3. The molecule has 25 heavy (non-hydrogen) atoms. The second-order valence-electron chi connectivity index (χ2n) is 7.78. The summed E-state index contributed by atoms with van der Waals surface area (Å²) in [6.45, 7) is 12.3. The van der Waals surface area contributed by atoms with Gasteiger partial charge in [-0.15, -0.1) is 0 Å². The van der Waals surface area contributed by atoms with Crippen molar-refractivity contribution < 1.29 is 4.74 Å². The molecule has 2 aliphatic rings. The van der Waals surface area contributed by atoms with Gasteiger partial charge in [-0.05, 0) is 58.5 Å². The van der Waals surface area contributed by atoms with Gasteiger partial charge in [-0.1, -0.05) is 0 Å². The predicted octanol–water partition coefficient (Wildman–Crippen LogP) is 1.38. The van der Waals surface area contributed by atoms with Crippen molar-refractivity contribution in [3.63, 3.8) is 0 Å². The highest BCUT2D eigenvalue weighted by atomic mass is 16.5. The van der Waals surface area contributed by atoms with Crippen LogP contribution in [0.15, 0.2) is 4.99 Å². The van der Waals surface area contributed by atoms with E-state index in [-0.39, 0.29) is 0 Å². The fraction of sp³-hybridized carbons (Fsp3) is 0.947. The van der Waals surface area contributed by atoms with E-state index in [2.05, 4.69) is 39.3 Å². The molecule has 0 spiro atoms. The van der Waals surface area contributed by atoms with Gasteiger partial charge in [0.2, 0.25) is 0 Å². The lowest BCUT2D eigenvalue weighted by molar-refractivity contribution is 0.120. The summed E-state index contributed by atoms with van der Waals surface area (Å²) < 4.78 is 5.18. The fourth-order valence-corrected chi connectivity index (χ4v) is 3.82. The van der Waals surface area contributed by atoms with Gasteiger partial charge in [0.15, 0.2) is 5.96 Å². The van der Waals surface area contributed by atoms with Crippen LogP contribution in [0.1, 0.15) is 39.5 Å².